The maximum atomic E-state index is 11.5. The van der Waals surface area contributed by atoms with Gasteiger partial charge >= 0.3 is 0 Å². The van der Waals surface area contributed by atoms with Gasteiger partial charge in [-0.3, -0.25) is 4.79 Å². The summed E-state index contributed by atoms with van der Waals surface area (Å²) >= 11 is 0. The van der Waals surface area contributed by atoms with Gasteiger partial charge in [0, 0.05) is 0 Å². The third kappa shape index (κ3) is 4.16. The summed E-state index contributed by atoms with van der Waals surface area (Å²) in [7, 11) is 0. The molecule has 4 nitrogen and oxygen atoms in total. The van der Waals surface area contributed by atoms with Gasteiger partial charge in [-0.2, -0.15) is 0 Å². The number of nitrogens with two attached hydrogens (primary N) is 1. The fraction of sp³-hybridized carbons (Fsp3) is 0.545. The summed E-state index contributed by atoms with van der Waals surface area (Å²) in [5.41, 5.74) is 5.71. The zero-order valence-electron chi connectivity index (χ0n) is 9.19. The van der Waals surface area contributed by atoms with E-state index in [1.54, 1.807) is 12.3 Å². The Bertz CT molecular complexity index is 294. The fourth-order valence-electron chi connectivity index (χ4n) is 1.33. The molecule has 84 valence electrons. The van der Waals surface area contributed by atoms with Gasteiger partial charge in [-0.15, -0.1) is 0 Å². The molecule has 0 aliphatic rings. The first-order chi connectivity index (χ1) is 7.09. The maximum absolute atomic E-state index is 11.5. The van der Waals surface area contributed by atoms with E-state index >= 15 is 0 Å². The molecule has 1 rings (SSSR count). The van der Waals surface area contributed by atoms with Crippen molar-refractivity contribution in [1.82, 2.24) is 5.32 Å². The van der Waals surface area contributed by atoms with Gasteiger partial charge in [-0.1, -0.05) is 13.8 Å². The van der Waals surface area contributed by atoms with Crippen LogP contribution in [0.15, 0.2) is 22.8 Å². The summed E-state index contributed by atoms with van der Waals surface area (Å²) in [5.74, 6) is 1.04. The Hall–Kier alpha value is -1.29. The smallest absolute Gasteiger partial charge is 0.237 e. The molecule has 0 aliphatic carbocycles. The lowest BCUT2D eigenvalue weighted by molar-refractivity contribution is -0.122. The van der Waals surface area contributed by atoms with Gasteiger partial charge in [0.15, 0.2) is 0 Å². The molecular formula is C11H18N2O2. The van der Waals surface area contributed by atoms with Crippen LogP contribution >= 0.6 is 0 Å². The van der Waals surface area contributed by atoms with E-state index in [1.807, 2.05) is 19.9 Å². The van der Waals surface area contributed by atoms with Crippen LogP contribution in [0.25, 0.3) is 0 Å². The van der Waals surface area contributed by atoms with Gasteiger partial charge in [0.05, 0.1) is 18.8 Å². The van der Waals surface area contributed by atoms with E-state index in [1.165, 1.54) is 0 Å². The molecule has 1 atom stereocenters. The van der Waals surface area contributed by atoms with Crippen LogP contribution in [0, 0.1) is 5.92 Å². The van der Waals surface area contributed by atoms with Crippen LogP contribution in [0.2, 0.25) is 0 Å². The van der Waals surface area contributed by atoms with E-state index in [-0.39, 0.29) is 5.91 Å². The van der Waals surface area contributed by atoms with Crippen molar-refractivity contribution < 1.29 is 9.21 Å². The maximum Gasteiger partial charge on any atom is 0.237 e. The van der Waals surface area contributed by atoms with Gasteiger partial charge in [-0.25, -0.2) is 0 Å². The van der Waals surface area contributed by atoms with Crippen LogP contribution in [0.5, 0.6) is 0 Å². The number of carbonyl (C=O) groups excluding carboxylic acids is 1. The quantitative estimate of drug-likeness (QED) is 0.769. The van der Waals surface area contributed by atoms with Crippen molar-refractivity contribution >= 4 is 5.91 Å². The predicted octanol–water partition coefficient (Wildman–Crippen LogP) is 1.27. The molecule has 0 saturated heterocycles. The van der Waals surface area contributed by atoms with Crippen molar-refractivity contribution in [2.75, 3.05) is 0 Å². The normalized spacial score (nSPS) is 12.8. The fourth-order valence-corrected chi connectivity index (χ4v) is 1.33. The zero-order chi connectivity index (χ0) is 11.3. The highest BCUT2D eigenvalue weighted by Crippen LogP contribution is 2.03. The van der Waals surface area contributed by atoms with Crippen LogP contribution in [-0.2, 0) is 11.3 Å². The molecule has 1 heterocycles. The minimum atomic E-state index is -0.431. The Morgan fingerprint density at radius 3 is 2.87 bits per heavy atom. The predicted molar refractivity (Wildman–Crippen MR) is 58.0 cm³/mol. The van der Waals surface area contributed by atoms with Crippen molar-refractivity contribution in [2.45, 2.75) is 32.9 Å². The monoisotopic (exact) mass is 210 g/mol. The van der Waals surface area contributed by atoms with Crippen LogP contribution in [-0.4, -0.2) is 11.9 Å². The van der Waals surface area contributed by atoms with Crippen LogP contribution < -0.4 is 11.1 Å². The van der Waals surface area contributed by atoms with Crippen molar-refractivity contribution in [2.24, 2.45) is 11.7 Å². The van der Waals surface area contributed by atoms with Gasteiger partial charge < -0.3 is 15.5 Å². The highest BCUT2D eigenvalue weighted by molar-refractivity contribution is 5.81. The SMILES string of the molecule is CC(C)CC(N)C(=O)NCc1ccco1. The molecule has 15 heavy (non-hydrogen) atoms. The van der Waals surface area contributed by atoms with Crippen molar-refractivity contribution in [3.63, 3.8) is 0 Å². The Kier molecular flexibility index (Phi) is 4.37. The summed E-state index contributed by atoms with van der Waals surface area (Å²) in [5, 5.41) is 2.73. The van der Waals surface area contributed by atoms with E-state index in [0.717, 1.165) is 5.76 Å². The first kappa shape index (κ1) is 11.8. The number of carbonyl (C=O) groups is 1. The first-order valence-corrected chi connectivity index (χ1v) is 5.15. The molecule has 0 fully saturated rings. The Morgan fingerprint density at radius 1 is 1.60 bits per heavy atom. The van der Waals surface area contributed by atoms with E-state index in [0.29, 0.717) is 18.9 Å². The van der Waals surface area contributed by atoms with Crippen molar-refractivity contribution in [3.8, 4) is 0 Å². The lowest BCUT2D eigenvalue weighted by Gasteiger charge is -2.13. The summed E-state index contributed by atoms with van der Waals surface area (Å²) in [6.07, 6.45) is 2.28. The molecule has 1 amide bonds. The Morgan fingerprint density at radius 2 is 2.33 bits per heavy atom. The third-order valence-corrected chi connectivity index (χ3v) is 2.08. The average molecular weight is 210 g/mol. The molecule has 0 saturated carbocycles. The van der Waals surface area contributed by atoms with Gasteiger partial charge in [-0.05, 0) is 24.5 Å². The van der Waals surface area contributed by atoms with E-state index < -0.39 is 6.04 Å². The van der Waals surface area contributed by atoms with Gasteiger partial charge in [0.25, 0.3) is 0 Å². The molecule has 0 radical (unpaired) electrons. The summed E-state index contributed by atoms with van der Waals surface area (Å²) in [6.45, 7) is 4.48. The third-order valence-electron chi connectivity index (χ3n) is 2.08. The molecule has 1 unspecified atom stereocenters. The summed E-state index contributed by atoms with van der Waals surface area (Å²) in [4.78, 5) is 11.5. The van der Waals surface area contributed by atoms with Crippen molar-refractivity contribution in [1.29, 1.82) is 0 Å². The first-order valence-electron chi connectivity index (χ1n) is 5.15. The van der Waals surface area contributed by atoms with E-state index in [2.05, 4.69) is 5.32 Å². The molecule has 0 spiro atoms. The topological polar surface area (TPSA) is 68.3 Å². The molecule has 1 aromatic rings. The van der Waals surface area contributed by atoms with E-state index in [9.17, 15) is 4.79 Å². The molecule has 1 aromatic heterocycles. The second-order valence-corrected chi connectivity index (χ2v) is 4.03. The highest BCUT2D eigenvalue weighted by atomic mass is 16.3. The molecule has 3 N–H and O–H groups in total. The summed E-state index contributed by atoms with van der Waals surface area (Å²) in [6, 6.07) is 3.17. The van der Waals surface area contributed by atoms with E-state index in [4.69, 9.17) is 10.2 Å². The molecular weight excluding hydrogens is 192 g/mol. The molecule has 0 aromatic carbocycles. The molecule has 0 aliphatic heterocycles. The number of hydrogen-bond acceptors (Lipinski definition) is 3. The zero-order valence-corrected chi connectivity index (χ0v) is 9.19. The van der Waals surface area contributed by atoms with Crippen LogP contribution in [0.1, 0.15) is 26.0 Å². The Balaban J connectivity index is 2.29. The second kappa shape index (κ2) is 5.56. The minimum absolute atomic E-state index is 0.125. The van der Waals surface area contributed by atoms with Crippen LogP contribution in [0.3, 0.4) is 0 Å². The highest BCUT2D eigenvalue weighted by Gasteiger charge is 2.14. The number of nitrogens with one attached hydrogen (secondary N) is 1. The molecule has 4 heteroatoms. The number of rotatable bonds is 5. The lowest BCUT2D eigenvalue weighted by Crippen LogP contribution is -2.40. The van der Waals surface area contributed by atoms with Crippen molar-refractivity contribution in [3.05, 3.63) is 24.2 Å². The van der Waals surface area contributed by atoms with Gasteiger partial charge in [0.2, 0.25) is 5.91 Å². The minimum Gasteiger partial charge on any atom is -0.467 e. The number of furan rings is 1. The van der Waals surface area contributed by atoms with Gasteiger partial charge in [0.1, 0.15) is 5.76 Å². The Labute approximate surface area is 89.8 Å². The lowest BCUT2D eigenvalue weighted by atomic mass is 10.0. The molecule has 0 bridgehead atoms. The summed E-state index contributed by atoms with van der Waals surface area (Å²) < 4.78 is 5.09. The standard InChI is InChI=1S/C11H18N2O2/c1-8(2)6-10(12)11(14)13-7-9-4-3-5-15-9/h3-5,8,10H,6-7,12H2,1-2H3,(H,13,14). The second-order valence-electron chi connectivity index (χ2n) is 4.03. The van der Waals surface area contributed by atoms with Crippen LogP contribution in [0.4, 0.5) is 0 Å². The average Bonchev–Trinajstić information content (AvgIpc) is 2.65. The number of amides is 1. The number of hydrogen-bond donors (Lipinski definition) is 2. The largest absolute Gasteiger partial charge is 0.467 e.